The highest BCUT2D eigenvalue weighted by Crippen LogP contribution is 2.18. The van der Waals surface area contributed by atoms with Gasteiger partial charge in [-0.1, -0.05) is 51.1 Å². The first kappa shape index (κ1) is 16.7. The predicted octanol–water partition coefficient (Wildman–Crippen LogP) is 3.31. The van der Waals surface area contributed by atoms with Gasteiger partial charge in [0.25, 0.3) is 0 Å². The number of carboxylic acids is 1. The van der Waals surface area contributed by atoms with Gasteiger partial charge >= 0.3 is 5.97 Å². The number of ether oxygens (including phenoxy) is 2. The Balaban J connectivity index is 2.34. The van der Waals surface area contributed by atoms with Crippen molar-refractivity contribution in [3.63, 3.8) is 0 Å². The number of carbonyl (C=O) groups is 1. The molecule has 4 heteroatoms. The van der Waals surface area contributed by atoms with Crippen LogP contribution in [0.2, 0.25) is 0 Å². The van der Waals surface area contributed by atoms with Crippen molar-refractivity contribution in [2.24, 2.45) is 11.8 Å². The Kier molecular flexibility index (Phi) is 7.26. The third kappa shape index (κ3) is 6.17. The molecule has 0 heterocycles. The van der Waals surface area contributed by atoms with Gasteiger partial charge in [0.15, 0.2) is 6.10 Å². The fourth-order valence-electron chi connectivity index (χ4n) is 2.20. The molecule has 1 aromatic carbocycles. The Morgan fingerprint density at radius 2 is 1.85 bits per heavy atom. The normalized spacial score (nSPS) is 14.2. The van der Waals surface area contributed by atoms with Crippen LogP contribution in [0.25, 0.3) is 0 Å². The van der Waals surface area contributed by atoms with Crippen molar-refractivity contribution < 1.29 is 19.4 Å². The van der Waals surface area contributed by atoms with E-state index in [9.17, 15) is 9.90 Å². The summed E-state index contributed by atoms with van der Waals surface area (Å²) in [6.45, 7) is 6.46. The van der Waals surface area contributed by atoms with Crippen LogP contribution >= 0.6 is 0 Å². The van der Waals surface area contributed by atoms with Crippen molar-refractivity contribution in [3.8, 4) is 0 Å². The average molecular weight is 280 g/mol. The van der Waals surface area contributed by atoms with E-state index in [2.05, 4.69) is 13.8 Å². The fraction of sp³-hybridized carbons (Fsp3) is 0.562. The molecule has 20 heavy (non-hydrogen) atoms. The number of rotatable bonds is 9. The lowest BCUT2D eigenvalue weighted by Gasteiger charge is -2.22. The second-order valence-electron chi connectivity index (χ2n) is 5.48. The quantitative estimate of drug-likeness (QED) is 0.557. The molecule has 0 aromatic heterocycles. The lowest BCUT2D eigenvalue weighted by molar-refractivity contribution is -0.168. The summed E-state index contributed by atoms with van der Waals surface area (Å²) in [4.78, 5) is 11.2. The first-order chi connectivity index (χ1) is 9.50. The van der Waals surface area contributed by atoms with E-state index in [1.54, 1.807) is 0 Å². The molecule has 0 bridgehead atoms. The highest BCUT2D eigenvalue weighted by Gasteiger charge is 2.26. The van der Waals surface area contributed by atoms with Crippen molar-refractivity contribution in [2.45, 2.75) is 39.9 Å². The van der Waals surface area contributed by atoms with Gasteiger partial charge in [-0.3, -0.25) is 0 Å². The third-order valence-corrected chi connectivity index (χ3v) is 3.05. The molecule has 0 aliphatic carbocycles. The first-order valence-electron chi connectivity index (χ1n) is 6.96. The minimum Gasteiger partial charge on any atom is -0.479 e. The molecule has 0 aliphatic rings. The summed E-state index contributed by atoms with van der Waals surface area (Å²) in [5.74, 6) is -0.519. The van der Waals surface area contributed by atoms with Gasteiger partial charge in [-0.2, -0.15) is 0 Å². The maximum absolute atomic E-state index is 11.2. The summed E-state index contributed by atoms with van der Waals surface area (Å²) in [6, 6.07) is 9.72. The fourth-order valence-corrected chi connectivity index (χ4v) is 2.20. The van der Waals surface area contributed by atoms with Crippen molar-refractivity contribution in [1.29, 1.82) is 0 Å². The Hall–Kier alpha value is -1.39. The molecule has 1 N–H and O–H groups in total. The second-order valence-corrected chi connectivity index (χ2v) is 5.48. The smallest absolute Gasteiger partial charge is 0.333 e. The van der Waals surface area contributed by atoms with E-state index < -0.39 is 12.1 Å². The average Bonchev–Trinajstić information content (AvgIpc) is 2.38. The molecular formula is C16H24O4. The molecule has 0 aliphatic heterocycles. The van der Waals surface area contributed by atoms with Crippen molar-refractivity contribution in [3.05, 3.63) is 35.9 Å². The van der Waals surface area contributed by atoms with Crippen LogP contribution in [0.15, 0.2) is 30.3 Å². The van der Waals surface area contributed by atoms with Gasteiger partial charge in [0.05, 0.1) is 6.61 Å². The van der Waals surface area contributed by atoms with Crippen molar-refractivity contribution in [1.82, 2.24) is 0 Å². The summed E-state index contributed by atoms with van der Waals surface area (Å²) in [5, 5.41) is 9.19. The topological polar surface area (TPSA) is 55.8 Å². The summed E-state index contributed by atoms with van der Waals surface area (Å²) < 4.78 is 10.7. The van der Waals surface area contributed by atoms with E-state index in [1.165, 1.54) is 0 Å². The lowest BCUT2D eigenvalue weighted by Crippen LogP contribution is -2.32. The lowest BCUT2D eigenvalue weighted by atomic mass is 9.94. The van der Waals surface area contributed by atoms with Crippen LogP contribution in [0.1, 0.15) is 32.8 Å². The number of hydrogen-bond donors (Lipinski definition) is 1. The number of aliphatic carboxylic acids is 1. The highest BCUT2D eigenvalue weighted by molar-refractivity contribution is 5.72. The van der Waals surface area contributed by atoms with Crippen LogP contribution in [0.4, 0.5) is 0 Å². The zero-order valence-electron chi connectivity index (χ0n) is 12.4. The second kappa shape index (κ2) is 8.72. The van der Waals surface area contributed by atoms with E-state index in [4.69, 9.17) is 9.47 Å². The number of carboxylic acid groups (broad SMARTS) is 1. The van der Waals surface area contributed by atoms with Gasteiger partial charge < -0.3 is 14.6 Å². The Morgan fingerprint density at radius 3 is 2.40 bits per heavy atom. The monoisotopic (exact) mass is 280 g/mol. The Morgan fingerprint density at radius 1 is 1.20 bits per heavy atom. The molecule has 1 aromatic rings. The molecular weight excluding hydrogens is 256 g/mol. The molecule has 0 saturated heterocycles. The minimum atomic E-state index is -0.929. The maximum Gasteiger partial charge on any atom is 0.333 e. The molecule has 4 nitrogen and oxygen atoms in total. The maximum atomic E-state index is 11.2. The molecule has 0 amide bonds. The van der Waals surface area contributed by atoms with Crippen LogP contribution in [0.3, 0.4) is 0 Å². The zero-order chi connectivity index (χ0) is 15.0. The third-order valence-electron chi connectivity index (χ3n) is 3.05. The molecule has 2 unspecified atom stereocenters. The largest absolute Gasteiger partial charge is 0.479 e. The van der Waals surface area contributed by atoms with Crippen LogP contribution in [0, 0.1) is 11.8 Å². The van der Waals surface area contributed by atoms with Gasteiger partial charge in [0.1, 0.15) is 6.79 Å². The zero-order valence-corrected chi connectivity index (χ0v) is 12.4. The van der Waals surface area contributed by atoms with Crippen molar-refractivity contribution in [2.75, 3.05) is 6.79 Å². The molecule has 0 radical (unpaired) electrons. The molecule has 1 rings (SSSR count). The minimum absolute atomic E-state index is 0.00566. The van der Waals surface area contributed by atoms with Crippen LogP contribution < -0.4 is 0 Å². The summed E-state index contributed by atoms with van der Waals surface area (Å²) in [6.07, 6.45) is 0.00325. The standard InChI is InChI=1S/C16H24O4/c1-12(2)9-13(3)15(16(17)18)20-11-19-10-14-7-5-4-6-8-14/h4-8,12-13,15H,9-11H2,1-3H3,(H,17,18). The van der Waals surface area contributed by atoms with E-state index in [-0.39, 0.29) is 12.7 Å². The Labute approximate surface area is 120 Å². The van der Waals surface area contributed by atoms with E-state index in [1.807, 2.05) is 37.3 Å². The number of hydrogen-bond acceptors (Lipinski definition) is 3. The molecule has 0 spiro atoms. The SMILES string of the molecule is CC(C)CC(C)C(OCOCc1ccccc1)C(=O)O. The van der Waals surface area contributed by atoms with Gasteiger partial charge in [0.2, 0.25) is 0 Å². The summed E-state index contributed by atoms with van der Waals surface area (Å²) in [5.41, 5.74) is 1.04. The van der Waals surface area contributed by atoms with E-state index in [0.29, 0.717) is 12.5 Å². The highest BCUT2D eigenvalue weighted by atomic mass is 16.7. The van der Waals surface area contributed by atoms with E-state index in [0.717, 1.165) is 12.0 Å². The van der Waals surface area contributed by atoms with Gasteiger partial charge in [-0.05, 0) is 23.8 Å². The Bertz CT molecular complexity index is 389. The molecule has 2 atom stereocenters. The molecule has 0 saturated carbocycles. The summed E-state index contributed by atoms with van der Waals surface area (Å²) in [7, 11) is 0. The van der Waals surface area contributed by atoms with Crippen molar-refractivity contribution >= 4 is 5.97 Å². The van der Waals surface area contributed by atoms with Crippen LogP contribution in [-0.2, 0) is 20.9 Å². The number of benzene rings is 1. The molecule has 0 fully saturated rings. The van der Waals surface area contributed by atoms with Gasteiger partial charge in [-0.15, -0.1) is 0 Å². The van der Waals surface area contributed by atoms with E-state index >= 15 is 0 Å². The summed E-state index contributed by atoms with van der Waals surface area (Å²) >= 11 is 0. The van der Waals surface area contributed by atoms with Crippen LogP contribution in [-0.4, -0.2) is 24.0 Å². The van der Waals surface area contributed by atoms with Gasteiger partial charge in [-0.25, -0.2) is 4.79 Å². The van der Waals surface area contributed by atoms with Crippen LogP contribution in [0.5, 0.6) is 0 Å². The predicted molar refractivity (Wildman–Crippen MR) is 77.2 cm³/mol. The first-order valence-corrected chi connectivity index (χ1v) is 6.96. The van der Waals surface area contributed by atoms with Gasteiger partial charge in [0, 0.05) is 0 Å². The molecule has 112 valence electrons.